The molecule has 2 N–H and O–H groups in total. The fourth-order valence-electron chi connectivity index (χ4n) is 1.30. The van der Waals surface area contributed by atoms with Gasteiger partial charge in [0.05, 0.1) is 12.3 Å². The maximum atomic E-state index is 5.69. The highest BCUT2D eigenvalue weighted by atomic mass is 32.2. The van der Waals surface area contributed by atoms with Gasteiger partial charge >= 0.3 is 0 Å². The third kappa shape index (κ3) is 3.90. The van der Waals surface area contributed by atoms with Gasteiger partial charge in [0.15, 0.2) is 5.16 Å². The second-order valence-electron chi connectivity index (χ2n) is 3.98. The van der Waals surface area contributed by atoms with Crippen LogP contribution in [-0.4, -0.2) is 21.2 Å². The molecule has 0 atom stereocenters. The molecule has 0 bridgehead atoms. The maximum Gasteiger partial charge on any atom is 0.183 e. The van der Waals surface area contributed by atoms with E-state index < -0.39 is 0 Å². The van der Waals surface area contributed by atoms with E-state index in [1.54, 1.807) is 11.8 Å². The van der Waals surface area contributed by atoms with E-state index in [9.17, 15) is 0 Å². The standard InChI is InChI=1S/C11H16N4OS/c1-8(2)12-5-9-3-4-10(16-9)6-17-11-13-7-14-15-11/h3-4,7-8,12H,5-6H2,1-2H3,(H,13,14,15). The van der Waals surface area contributed by atoms with Gasteiger partial charge in [0.1, 0.15) is 17.8 Å². The van der Waals surface area contributed by atoms with E-state index in [-0.39, 0.29) is 0 Å². The number of hydrogen-bond acceptors (Lipinski definition) is 5. The van der Waals surface area contributed by atoms with Crippen LogP contribution in [0.3, 0.4) is 0 Å². The van der Waals surface area contributed by atoms with Gasteiger partial charge in [-0.25, -0.2) is 4.98 Å². The van der Waals surface area contributed by atoms with Crippen LogP contribution in [0.4, 0.5) is 0 Å². The molecule has 0 aromatic carbocycles. The summed E-state index contributed by atoms with van der Waals surface area (Å²) in [6, 6.07) is 4.47. The fraction of sp³-hybridized carbons (Fsp3) is 0.455. The second kappa shape index (κ2) is 5.88. The van der Waals surface area contributed by atoms with Crippen molar-refractivity contribution in [2.45, 2.75) is 37.3 Å². The van der Waals surface area contributed by atoms with Gasteiger partial charge in [0.25, 0.3) is 0 Å². The molecule has 0 aliphatic rings. The molecule has 0 amide bonds. The minimum atomic E-state index is 0.465. The number of aromatic nitrogens is 3. The maximum absolute atomic E-state index is 5.69. The zero-order chi connectivity index (χ0) is 12.1. The number of thioether (sulfide) groups is 1. The van der Waals surface area contributed by atoms with Crippen molar-refractivity contribution >= 4 is 11.8 Å². The summed E-state index contributed by atoms with van der Waals surface area (Å²) in [6.45, 7) is 5.00. The van der Waals surface area contributed by atoms with E-state index in [0.717, 1.165) is 29.0 Å². The zero-order valence-electron chi connectivity index (χ0n) is 9.93. The second-order valence-corrected chi connectivity index (χ2v) is 4.95. The van der Waals surface area contributed by atoms with Crippen molar-refractivity contribution in [3.05, 3.63) is 30.0 Å². The Balaban J connectivity index is 1.81. The third-order valence-corrected chi connectivity index (χ3v) is 3.04. The van der Waals surface area contributed by atoms with E-state index in [1.165, 1.54) is 6.33 Å². The summed E-state index contributed by atoms with van der Waals surface area (Å²) in [6.07, 6.45) is 1.50. The van der Waals surface area contributed by atoms with Crippen molar-refractivity contribution in [2.75, 3.05) is 0 Å². The van der Waals surface area contributed by atoms with Crippen molar-refractivity contribution in [1.82, 2.24) is 20.5 Å². The highest BCUT2D eigenvalue weighted by Gasteiger charge is 2.04. The summed E-state index contributed by atoms with van der Waals surface area (Å²) in [5, 5.41) is 10.7. The van der Waals surface area contributed by atoms with Gasteiger partial charge in [-0.3, -0.25) is 5.10 Å². The highest BCUT2D eigenvalue weighted by molar-refractivity contribution is 7.98. The Labute approximate surface area is 104 Å². The minimum Gasteiger partial charge on any atom is -0.464 e. The van der Waals surface area contributed by atoms with Crippen molar-refractivity contribution < 1.29 is 4.42 Å². The van der Waals surface area contributed by atoms with Crippen molar-refractivity contribution in [2.24, 2.45) is 0 Å². The molecule has 17 heavy (non-hydrogen) atoms. The molecule has 0 aliphatic carbocycles. The van der Waals surface area contributed by atoms with Gasteiger partial charge in [-0.15, -0.1) is 0 Å². The summed E-state index contributed by atoms with van der Waals surface area (Å²) in [5.74, 6) is 2.68. The molecular formula is C11H16N4OS. The first kappa shape index (κ1) is 12.2. The van der Waals surface area contributed by atoms with E-state index in [0.29, 0.717) is 6.04 Å². The molecule has 5 nitrogen and oxygen atoms in total. The Morgan fingerprint density at radius 1 is 1.41 bits per heavy atom. The van der Waals surface area contributed by atoms with Crippen LogP contribution < -0.4 is 5.32 Å². The van der Waals surface area contributed by atoms with E-state index in [4.69, 9.17) is 4.42 Å². The number of rotatable bonds is 6. The highest BCUT2D eigenvalue weighted by Crippen LogP contribution is 2.19. The molecule has 2 rings (SSSR count). The molecule has 0 radical (unpaired) electrons. The molecule has 0 saturated carbocycles. The van der Waals surface area contributed by atoms with E-state index in [2.05, 4.69) is 34.3 Å². The summed E-state index contributed by atoms with van der Waals surface area (Å²) in [5.41, 5.74) is 0. The normalized spacial score (nSPS) is 11.2. The third-order valence-electron chi connectivity index (χ3n) is 2.15. The van der Waals surface area contributed by atoms with Gasteiger partial charge in [0.2, 0.25) is 0 Å². The first-order chi connectivity index (χ1) is 8.24. The lowest BCUT2D eigenvalue weighted by atomic mass is 10.3. The summed E-state index contributed by atoms with van der Waals surface area (Å²) in [4.78, 5) is 4.04. The number of H-pyrrole nitrogens is 1. The summed E-state index contributed by atoms with van der Waals surface area (Å²) >= 11 is 1.57. The molecule has 0 unspecified atom stereocenters. The summed E-state index contributed by atoms with van der Waals surface area (Å²) in [7, 11) is 0. The Kier molecular flexibility index (Phi) is 4.22. The van der Waals surface area contributed by atoms with Crippen LogP contribution in [0, 0.1) is 0 Å². The van der Waals surface area contributed by atoms with Crippen LogP contribution in [0.1, 0.15) is 25.4 Å². The Bertz CT molecular complexity index is 438. The lowest BCUT2D eigenvalue weighted by Gasteiger charge is -2.04. The zero-order valence-corrected chi connectivity index (χ0v) is 10.8. The molecular weight excluding hydrogens is 236 g/mol. The van der Waals surface area contributed by atoms with Gasteiger partial charge in [0, 0.05) is 6.04 Å². The van der Waals surface area contributed by atoms with Crippen LogP contribution in [0.5, 0.6) is 0 Å². The number of aromatic amines is 1. The van der Waals surface area contributed by atoms with Gasteiger partial charge in [-0.1, -0.05) is 25.6 Å². The SMILES string of the molecule is CC(C)NCc1ccc(CSc2ncn[nH]2)o1. The molecule has 0 fully saturated rings. The predicted molar refractivity (Wildman–Crippen MR) is 66.6 cm³/mol. The molecule has 6 heteroatoms. The van der Waals surface area contributed by atoms with Gasteiger partial charge in [-0.2, -0.15) is 5.10 Å². The number of nitrogens with zero attached hydrogens (tertiary/aromatic N) is 2. The first-order valence-corrected chi connectivity index (χ1v) is 6.51. The van der Waals surface area contributed by atoms with E-state index in [1.807, 2.05) is 12.1 Å². The van der Waals surface area contributed by atoms with E-state index >= 15 is 0 Å². The monoisotopic (exact) mass is 252 g/mol. The molecule has 2 aromatic rings. The Hall–Kier alpha value is -1.27. The average Bonchev–Trinajstić information content (AvgIpc) is 2.95. The van der Waals surface area contributed by atoms with Crippen LogP contribution in [0.2, 0.25) is 0 Å². The Morgan fingerprint density at radius 2 is 2.24 bits per heavy atom. The van der Waals surface area contributed by atoms with Crippen molar-refractivity contribution in [3.8, 4) is 0 Å². The number of nitrogens with one attached hydrogen (secondary N) is 2. The molecule has 2 aromatic heterocycles. The quantitative estimate of drug-likeness (QED) is 0.771. The van der Waals surface area contributed by atoms with Crippen molar-refractivity contribution in [3.63, 3.8) is 0 Å². The van der Waals surface area contributed by atoms with Crippen LogP contribution >= 0.6 is 11.8 Å². The van der Waals surface area contributed by atoms with Crippen LogP contribution in [0.25, 0.3) is 0 Å². The first-order valence-electron chi connectivity index (χ1n) is 5.53. The Morgan fingerprint density at radius 3 is 2.94 bits per heavy atom. The molecule has 0 spiro atoms. The minimum absolute atomic E-state index is 0.465. The summed E-state index contributed by atoms with van der Waals surface area (Å²) < 4.78 is 5.69. The molecule has 2 heterocycles. The molecule has 92 valence electrons. The molecule has 0 saturated heterocycles. The van der Waals surface area contributed by atoms with Gasteiger partial charge < -0.3 is 9.73 Å². The van der Waals surface area contributed by atoms with Crippen molar-refractivity contribution in [1.29, 1.82) is 0 Å². The lowest BCUT2D eigenvalue weighted by molar-refractivity contribution is 0.445. The number of furan rings is 1. The largest absolute Gasteiger partial charge is 0.464 e. The lowest BCUT2D eigenvalue weighted by Crippen LogP contribution is -2.21. The van der Waals surface area contributed by atoms with Gasteiger partial charge in [-0.05, 0) is 12.1 Å². The van der Waals surface area contributed by atoms with Crippen LogP contribution in [0.15, 0.2) is 28.0 Å². The smallest absolute Gasteiger partial charge is 0.183 e. The number of hydrogen-bond donors (Lipinski definition) is 2. The fourth-order valence-corrected chi connectivity index (χ4v) is 1.98. The average molecular weight is 252 g/mol. The molecule has 0 aliphatic heterocycles. The van der Waals surface area contributed by atoms with Crippen LogP contribution in [-0.2, 0) is 12.3 Å². The topological polar surface area (TPSA) is 66.7 Å². The predicted octanol–water partition coefficient (Wildman–Crippen LogP) is 2.19.